The summed E-state index contributed by atoms with van der Waals surface area (Å²) in [7, 11) is 3.04. The second-order valence-electron chi connectivity index (χ2n) is 5.78. The van der Waals surface area contributed by atoms with Crippen LogP contribution in [-0.4, -0.2) is 43.1 Å². The highest BCUT2D eigenvalue weighted by molar-refractivity contribution is 5.97. The van der Waals surface area contributed by atoms with Crippen LogP contribution in [0.25, 0.3) is 0 Å². The van der Waals surface area contributed by atoms with E-state index in [0.717, 1.165) is 5.56 Å². The van der Waals surface area contributed by atoms with Gasteiger partial charge in [0.05, 0.1) is 17.6 Å². The average Bonchev–Trinajstić information content (AvgIpc) is 2.66. The first-order valence-corrected chi connectivity index (χ1v) is 7.96. The second-order valence-corrected chi connectivity index (χ2v) is 5.78. The summed E-state index contributed by atoms with van der Waals surface area (Å²) in [6.07, 6.45) is 0. The van der Waals surface area contributed by atoms with Crippen LogP contribution in [0, 0.1) is 10.1 Å². The van der Waals surface area contributed by atoms with Crippen LogP contribution < -0.4 is 14.2 Å². The highest BCUT2D eigenvalue weighted by atomic mass is 16.6. The van der Waals surface area contributed by atoms with Gasteiger partial charge in [0.25, 0.3) is 11.6 Å². The molecule has 136 valence electrons. The fraction of sp³-hybridized carbons (Fsp3) is 0.278. The number of carbonyl (C=O) groups is 1. The number of hydrogen-bond donors (Lipinski definition) is 0. The molecule has 0 fully saturated rings. The predicted molar refractivity (Wildman–Crippen MR) is 92.9 cm³/mol. The smallest absolute Gasteiger partial charge is 0.270 e. The molecule has 0 atom stereocenters. The van der Waals surface area contributed by atoms with Gasteiger partial charge in [-0.3, -0.25) is 14.9 Å². The minimum atomic E-state index is -0.545. The molecule has 1 amide bonds. The average molecular weight is 358 g/mol. The Morgan fingerprint density at radius 1 is 1.19 bits per heavy atom. The predicted octanol–water partition coefficient (Wildman–Crippen LogP) is 2.65. The molecule has 0 saturated heterocycles. The molecule has 1 aliphatic heterocycles. The third kappa shape index (κ3) is 3.53. The Hall–Kier alpha value is -3.29. The Kier molecular flexibility index (Phi) is 4.92. The second kappa shape index (κ2) is 7.30. The van der Waals surface area contributed by atoms with Crippen molar-refractivity contribution in [3.05, 3.63) is 57.6 Å². The topological polar surface area (TPSA) is 91.1 Å². The summed E-state index contributed by atoms with van der Waals surface area (Å²) in [5.74, 6) is 1.23. The normalized spacial score (nSPS) is 12.4. The molecule has 8 nitrogen and oxygen atoms in total. The highest BCUT2D eigenvalue weighted by Gasteiger charge is 2.21. The van der Waals surface area contributed by atoms with Gasteiger partial charge in [0, 0.05) is 25.7 Å². The number of amides is 1. The van der Waals surface area contributed by atoms with Crippen LogP contribution in [0.3, 0.4) is 0 Å². The van der Waals surface area contributed by atoms with Crippen molar-refractivity contribution in [2.45, 2.75) is 6.54 Å². The number of hydrogen-bond acceptors (Lipinski definition) is 6. The molecular formula is C18H18N2O6. The Labute approximate surface area is 150 Å². The van der Waals surface area contributed by atoms with Gasteiger partial charge in [-0.2, -0.15) is 0 Å². The summed E-state index contributed by atoms with van der Waals surface area (Å²) in [5.41, 5.74) is 0.832. The molecule has 0 N–H and O–H groups in total. The van der Waals surface area contributed by atoms with Gasteiger partial charge in [-0.05, 0) is 23.8 Å². The molecule has 2 aromatic rings. The number of fused-ring (bicyclic) bond motifs is 1. The van der Waals surface area contributed by atoms with Gasteiger partial charge in [-0.25, -0.2) is 0 Å². The largest absolute Gasteiger partial charge is 0.496 e. The molecule has 0 aliphatic carbocycles. The van der Waals surface area contributed by atoms with Crippen LogP contribution in [0.5, 0.6) is 17.2 Å². The van der Waals surface area contributed by atoms with E-state index in [1.54, 1.807) is 13.1 Å². The summed E-state index contributed by atoms with van der Waals surface area (Å²) in [4.78, 5) is 24.7. The van der Waals surface area contributed by atoms with Crippen molar-refractivity contribution in [2.24, 2.45) is 0 Å². The third-order valence-electron chi connectivity index (χ3n) is 4.00. The van der Waals surface area contributed by atoms with Crippen molar-refractivity contribution in [3.8, 4) is 17.2 Å². The van der Waals surface area contributed by atoms with Crippen LogP contribution in [0.15, 0.2) is 36.4 Å². The number of nitro groups is 1. The molecule has 8 heteroatoms. The molecule has 0 unspecified atom stereocenters. The number of carbonyl (C=O) groups excluding carboxylic acids is 1. The molecule has 3 rings (SSSR count). The maximum Gasteiger partial charge on any atom is 0.270 e. The Morgan fingerprint density at radius 3 is 2.62 bits per heavy atom. The maximum atomic E-state index is 12.8. The zero-order valence-electron chi connectivity index (χ0n) is 14.4. The third-order valence-corrected chi connectivity index (χ3v) is 4.00. The van der Waals surface area contributed by atoms with E-state index in [0.29, 0.717) is 31.3 Å². The molecule has 0 saturated carbocycles. The minimum Gasteiger partial charge on any atom is -0.496 e. The van der Waals surface area contributed by atoms with Gasteiger partial charge >= 0.3 is 0 Å². The number of benzene rings is 2. The summed E-state index contributed by atoms with van der Waals surface area (Å²) in [6.45, 7) is 1.30. The molecule has 0 aromatic heterocycles. The Morgan fingerprint density at radius 2 is 1.92 bits per heavy atom. The molecule has 0 radical (unpaired) electrons. The van der Waals surface area contributed by atoms with Crippen LogP contribution in [-0.2, 0) is 6.54 Å². The van der Waals surface area contributed by atoms with E-state index in [9.17, 15) is 14.9 Å². The van der Waals surface area contributed by atoms with Gasteiger partial charge in [-0.1, -0.05) is 6.07 Å². The number of nitrogens with zero attached hydrogens (tertiary/aromatic N) is 2. The van der Waals surface area contributed by atoms with Gasteiger partial charge in [0.1, 0.15) is 19.0 Å². The van der Waals surface area contributed by atoms with E-state index in [1.807, 2.05) is 12.1 Å². The Balaban J connectivity index is 1.81. The van der Waals surface area contributed by atoms with E-state index in [-0.39, 0.29) is 22.9 Å². The van der Waals surface area contributed by atoms with Gasteiger partial charge < -0.3 is 19.1 Å². The highest BCUT2D eigenvalue weighted by Crippen LogP contribution is 2.31. The molecule has 1 heterocycles. The maximum absolute atomic E-state index is 12.8. The summed E-state index contributed by atoms with van der Waals surface area (Å²) < 4.78 is 16.2. The van der Waals surface area contributed by atoms with E-state index in [2.05, 4.69) is 0 Å². The lowest BCUT2D eigenvalue weighted by Crippen LogP contribution is -2.27. The molecule has 1 aliphatic rings. The van der Waals surface area contributed by atoms with Gasteiger partial charge in [0.2, 0.25) is 0 Å². The van der Waals surface area contributed by atoms with Gasteiger partial charge in [-0.15, -0.1) is 0 Å². The van der Waals surface area contributed by atoms with Crippen LogP contribution >= 0.6 is 0 Å². The first-order valence-electron chi connectivity index (χ1n) is 7.96. The molecular weight excluding hydrogens is 340 g/mol. The van der Waals surface area contributed by atoms with E-state index in [4.69, 9.17) is 14.2 Å². The van der Waals surface area contributed by atoms with E-state index in [1.165, 1.54) is 30.2 Å². The zero-order chi connectivity index (χ0) is 18.7. The quantitative estimate of drug-likeness (QED) is 0.603. The first-order chi connectivity index (χ1) is 12.5. The van der Waals surface area contributed by atoms with Crippen LogP contribution in [0.1, 0.15) is 15.9 Å². The molecule has 0 spiro atoms. The number of non-ortho nitro benzene ring substituents is 1. The van der Waals surface area contributed by atoms with Crippen molar-refractivity contribution in [3.63, 3.8) is 0 Å². The molecule has 0 bridgehead atoms. The fourth-order valence-corrected chi connectivity index (χ4v) is 2.71. The number of rotatable bonds is 5. The van der Waals surface area contributed by atoms with Crippen molar-refractivity contribution >= 4 is 11.6 Å². The van der Waals surface area contributed by atoms with Gasteiger partial charge in [0.15, 0.2) is 11.5 Å². The monoisotopic (exact) mass is 358 g/mol. The van der Waals surface area contributed by atoms with E-state index < -0.39 is 4.92 Å². The van der Waals surface area contributed by atoms with Crippen LogP contribution in [0.2, 0.25) is 0 Å². The summed E-state index contributed by atoms with van der Waals surface area (Å²) in [6, 6.07) is 9.42. The van der Waals surface area contributed by atoms with Crippen molar-refractivity contribution in [1.82, 2.24) is 4.90 Å². The van der Waals surface area contributed by atoms with Crippen molar-refractivity contribution < 1.29 is 23.9 Å². The molecule has 26 heavy (non-hydrogen) atoms. The summed E-state index contributed by atoms with van der Waals surface area (Å²) in [5, 5.41) is 11.0. The standard InChI is InChI=1S/C18H18N2O6/c1-19(11-12-3-5-16-17(9-12)26-8-7-25-16)18(21)14-10-13(20(22)23)4-6-15(14)24-2/h3-6,9-10H,7-8,11H2,1-2H3. The van der Waals surface area contributed by atoms with Crippen molar-refractivity contribution in [1.29, 1.82) is 0 Å². The fourth-order valence-electron chi connectivity index (χ4n) is 2.71. The number of methoxy groups -OCH3 is 1. The Bertz CT molecular complexity index is 852. The molecule has 2 aromatic carbocycles. The van der Waals surface area contributed by atoms with E-state index >= 15 is 0 Å². The zero-order valence-corrected chi connectivity index (χ0v) is 14.4. The van der Waals surface area contributed by atoms with Crippen LogP contribution in [0.4, 0.5) is 5.69 Å². The number of nitro benzene ring substituents is 1. The first kappa shape index (κ1) is 17.5. The SMILES string of the molecule is COc1ccc([N+](=O)[O-])cc1C(=O)N(C)Cc1ccc2c(c1)OCCO2. The lowest BCUT2D eigenvalue weighted by molar-refractivity contribution is -0.384. The minimum absolute atomic E-state index is 0.141. The summed E-state index contributed by atoms with van der Waals surface area (Å²) >= 11 is 0. The lowest BCUT2D eigenvalue weighted by atomic mass is 10.1. The lowest BCUT2D eigenvalue weighted by Gasteiger charge is -2.21. The van der Waals surface area contributed by atoms with Crippen molar-refractivity contribution in [2.75, 3.05) is 27.4 Å². The number of ether oxygens (including phenoxy) is 3.